The molecule has 0 aromatic heterocycles. The molecule has 0 fully saturated rings. The van der Waals surface area contributed by atoms with Crippen LogP contribution in [0.2, 0.25) is 5.02 Å². The van der Waals surface area contributed by atoms with Gasteiger partial charge in [-0.2, -0.15) is 22.0 Å². The summed E-state index contributed by atoms with van der Waals surface area (Å²) in [6.07, 6.45) is -5.66. The molecule has 18 heavy (non-hydrogen) atoms. The van der Waals surface area contributed by atoms with Gasteiger partial charge in [0.05, 0.1) is 7.11 Å². The van der Waals surface area contributed by atoms with E-state index in [-0.39, 0.29) is 16.3 Å². The summed E-state index contributed by atoms with van der Waals surface area (Å²) in [6, 6.07) is 3.47. The van der Waals surface area contributed by atoms with Crippen LogP contribution in [-0.4, -0.2) is 19.2 Å². The minimum absolute atomic E-state index is 0.236. The minimum Gasteiger partial charge on any atom is -0.497 e. The highest BCUT2D eigenvalue weighted by molar-refractivity contribution is 9.09. The average molecular weight is 354 g/mol. The summed E-state index contributed by atoms with van der Waals surface area (Å²) < 4.78 is 67.6. The van der Waals surface area contributed by atoms with Gasteiger partial charge in [0.1, 0.15) is 10.6 Å². The van der Waals surface area contributed by atoms with E-state index in [0.717, 1.165) is 12.1 Å². The Balaban J connectivity index is 3.15. The molecule has 8 heteroatoms. The van der Waals surface area contributed by atoms with Crippen LogP contribution in [-0.2, 0) is 0 Å². The van der Waals surface area contributed by atoms with Gasteiger partial charge in [-0.15, -0.1) is 0 Å². The average Bonchev–Trinajstić information content (AvgIpc) is 2.26. The maximum absolute atomic E-state index is 13.1. The number of hydrogen-bond acceptors (Lipinski definition) is 1. The summed E-state index contributed by atoms with van der Waals surface area (Å²) in [4.78, 5) is -2.26. The molecule has 1 aromatic carbocycles. The molecule has 0 aliphatic rings. The maximum Gasteiger partial charge on any atom is 0.454 e. The lowest BCUT2D eigenvalue weighted by molar-refractivity contribution is -0.281. The highest BCUT2D eigenvalue weighted by atomic mass is 79.9. The highest BCUT2D eigenvalue weighted by Gasteiger charge is 2.62. The predicted octanol–water partition coefficient (Wildman–Crippen LogP) is 4.98. The predicted molar refractivity (Wildman–Crippen MR) is 60.7 cm³/mol. The van der Waals surface area contributed by atoms with Gasteiger partial charge in [-0.3, -0.25) is 0 Å². The van der Waals surface area contributed by atoms with Crippen molar-refractivity contribution in [1.82, 2.24) is 0 Å². The summed E-state index contributed by atoms with van der Waals surface area (Å²) in [5, 5.41) is -0.236. The van der Waals surface area contributed by atoms with Crippen LogP contribution in [0.25, 0.3) is 0 Å². The number of benzene rings is 1. The summed E-state index contributed by atoms with van der Waals surface area (Å²) in [7, 11) is 1.32. The van der Waals surface area contributed by atoms with E-state index in [9.17, 15) is 22.0 Å². The fourth-order valence-electron chi connectivity index (χ4n) is 1.18. The minimum atomic E-state index is -5.66. The summed E-state index contributed by atoms with van der Waals surface area (Å²) in [6.45, 7) is 0. The van der Waals surface area contributed by atoms with Crippen LogP contribution in [0.3, 0.4) is 0 Å². The van der Waals surface area contributed by atoms with Gasteiger partial charge in [0, 0.05) is 5.02 Å². The summed E-state index contributed by atoms with van der Waals surface area (Å²) in [5.41, 5.74) is -0.361. The molecule has 1 atom stereocenters. The van der Waals surface area contributed by atoms with Gasteiger partial charge >= 0.3 is 12.1 Å². The van der Waals surface area contributed by atoms with E-state index in [2.05, 4.69) is 15.9 Å². The Morgan fingerprint density at radius 2 is 1.78 bits per heavy atom. The van der Waals surface area contributed by atoms with Crippen molar-refractivity contribution in [3.63, 3.8) is 0 Å². The Hall–Kier alpha value is -0.560. The van der Waals surface area contributed by atoms with Crippen LogP contribution in [0.4, 0.5) is 22.0 Å². The van der Waals surface area contributed by atoms with Crippen molar-refractivity contribution in [3.05, 3.63) is 28.8 Å². The van der Waals surface area contributed by atoms with Crippen molar-refractivity contribution < 1.29 is 26.7 Å². The number of halogens is 7. The molecule has 0 heterocycles. The van der Waals surface area contributed by atoms with Gasteiger partial charge in [-0.05, 0) is 17.7 Å². The number of alkyl halides is 6. The number of hydrogen-bond donors (Lipinski definition) is 0. The van der Waals surface area contributed by atoms with E-state index in [0.29, 0.717) is 0 Å². The van der Waals surface area contributed by atoms with Crippen LogP contribution >= 0.6 is 27.5 Å². The third-order valence-electron chi connectivity index (χ3n) is 2.18. The second-order valence-electron chi connectivity index (χ2n) is 3.37. The Bertz CT molecular complexity index is 435. The van der Waals surface area contributed by atoms with E-state index in [1.54, 1.807) is 0 Å². The van der Waals surface area contributed by atoms with Gasteiger partial charge in [0.25, 0.3) is 0 Å². The fourth-order valence-corrected chi connectivity index (χ4v) is 2.25. The highest BCUT2D eigenvalue weighted by Crippen LogP contribution is 2.50. The Kier molecular flexibility index (Phi) is 4.48. The molecule has 102 valence electrons. The molecular formula is C10H7BrClF5O. The van der Waals surface area contributed by atoms with Crippen molar-refractivity contribution in [1.29, 1.82) is 0 Å². The van der Waals surface area contributed by atoms with Crippen LogP contribution in [0.5, 0.6) is 5.75 Å². The molecule has 1 nitrogen and oxygen atoms in total. The number of methoxy groups -OCH3 is 1. The maximum atomic E-state index is 13.1. The zero-order valence-corrected chi connectivity index (χ0v) is 11.2. The summed E-state index contributed by atoms with van der Waals surface area (Å²) >= 11 is 7.99. The van der Waals surface area contributed by atoms with Gasteiger partial charge in [0.15, 0.2) is 0 Å². The quantitative estimate of drug-likeness (QED) is 0.550. The second-order valence-corrected chi connectivity index (χ2v) is 4.69. The SMILES string of the molecule is COc1ccc(C(Br)C(F)(F)C(F)(F)F)c(Cl)c1. The van der Waals surface area contributed by atoms with Crippen LogP contribution in [0, 0.1) is 0 Å². The topological polar surface area (TPSA) is 9.23 Å². The second kappa shape index (κ2) is 5.21. The molecule has 0 aliphatic carbocycles. The lowest BCUT2D eigenvalue weighted by Gasteiger charge is -2.25. The van der Waals surface area contributed by atoms with Crippen molar-refractivity contribution in [2.24, 2.45) is 0 Å². The monoisotopic (exact) mass is 352 g/mol. The van der Waals surface area contributed by atoms with Crippen LogP contribution in [0.1, 0.15) is 10.4 Å². The van der Waals surface area contributed by atoms with Crippen molar-refractivity contribution >= 4 is 27.5 Å². The molecular weight excluding hydrogens is 346 g/mol. The molecule has 0 N–H and O–H groups in total. The van der Waals surface area contributed by atoms with E-state index >= 15 is 0 Å². The lowest BCUT2D eigenvalue weighted by atomic mass is 10.1. The lowest BCUT2D eigenvalue weighted by Crippen LogP contribution is -2.40. The first-order valence-corrected chi connectivity index (χ1v) is 5.82. The van der Waals surface area contributed by atoms with Crippen LogP contribution < -0.4 is 4.74 Å². The molecule has 0 bridgehead atoms. The largest absolute Gasteiger partial charge is 0.497 e. The zero-order chi connectivity index (χ0) is 14.1. The van der Waals surface area contributed by atoms with Crippen LogP contribution in [0.15, 0.2) is 18.2 Å². The van der Waals surface area contributed by atoms with E-state index in [1.165, 1.54) is 13.2 Å². The zero-order valence-electron chi connectivity index (χ0n) is 8.86. The third kappa shape index (κ3) is 2.88. The first-order chi connectivity index (χ1) is 8.11. The standard InChI is InChI=1S/C10H7BrClF5O/c1-18-5-2-3-6(7(12)4-5)8(11)9(13,14)10(15,16)17/h2-4,8H,1H3. The fraction of sp³-hybridized carbons (Fsp3) is 0.400. The van der Waals surface area contributed by atoms with Gasteiger partial charge in [-0.1, -0.05) is 33.6 Å². The summed E-state index contributed by atoms with van der Waals surface area (Å²) in [5.74, 6) is -4.66. The Morgan fingerprint density at radius 3 is 2.17 bits per heavy atom. The molecule has 0 radical (unpaired) electrons. The Morgan fingerprint density at radius 1 is 1.22 bits per heavy atom. The number of ether oxygens (including phenoxy) is 1. The normalized spacial score (nSPS) is 14.4. The number of rotatable bonds is 3. The molecule has 0 aliphatic heterocycles. The van der Waals surface area contributed by atoms with E-state index in [4.69, 9.17) is 16.3 Å². The van der Waals surface area contributed by atoms with Crippen molar-refractivity contribution in [3.8, 4) is 5.75 Å². The Labute approximate surface area is 113 Å². The van der Waals surface area contributed by atoms with Gasteiger partial charge in [0.2, 0.25) is 0 Å². The smallest absolute Gasteiger partial charge is 0.454 e. The first-order valence-electron chi connectivity index (χ1n) is 4.53. The van der Waals surface area contributed by atoms with Crippen molar-refractivity contribution in [2.75, 3.05) is 7.11 Å². The van der Waals surface area contributed by atoms with Crippen molar-refractivity contribution in [2.45, 2.75) is 16.9 Å². The van der Waals surface area contributed by atoms with E-state index in [1.807, 2.05) is 0 Å². The van der Waals surface area contributed by atoms with Gasteiger partial charge < -0.3 is 4.74 Å². The third-order valence-corrected chi connectivity index (χ3v) is 3.57. The molecule has 1 aromatic rings. The molecule has 0 saturated heterocycles. The molecule has 0 amide bonds. The van der Waals surface area contributed by atoms with Gasteiger partial charge in [-0.25, -0.2) is 0 Å². The van der Waals surface area contributed by atoms with E-state index < -0.39 is 16.9 Å². The molecule has 1 rings (SSSR count). The first kappa shape index (κ1) is 15.5. The molecule has 0 spiro atoms. The molecule has 0 saturated carbocycles. The molecule has 1 unspecified atom stereocenters.